The number of hydrogen-bond acceptors (Lipinski definition) is 5. The molecule has 0 bridgehead atoms. The fraction of sp³-hybridized carbons (Fsp3) is 0.438. The Balaban J connectivity index is 2.33. The van der Waals surface area contributed by atoms with Gasteiger partial charge in [-0.2, -0.15) is 0 Å². The third kappa shape index (κ3) is 3.47. The number of benzene rings is 1. The zero-order valence-corrected chi connectivity index (χ0v) is 13.0. The van der Waals surface area contributed by atoms with E-state index in [-0.39, 0.29) is 6.54 Å². The van der Waals surface area contributed by atoms with Crippen LogP contribution in [-0.4, -0.2) is 39.1 Å². The third-order valence-electron chi connectivity index (χ3n) is 3.25. The molecule has 1 heterocycles. The van der Waals surface area contributed by atoms with Gasteiger partial charge < -0.3 is 20.7 Å². The maximum Gasteiger partial charge on any atom is 0.418 e. The van der Waals surface area contributed by atoms with Crippen molar-refractivity contribution in [3.05, 3.63) is 36.0 Å². The van der Waals surface area contributed by atoms with E-state index in [9.17, 15) is 15.0 Å². The Morgan fingerprint density at radius 2 is 2.00 bits per heavy atom. The Morgan fingerprint density at radius 3 is 2.59 bits per heavy atom. The number of nitrogens with zero attached hydrogens (tertiary/aromatic N) is 1. The number of hydrogen-bond donors (Lipinski definition) is 3. The normalized spacial score (nSPS) is 14.8. The summed E-state index contributed by atoms with van der Waals surface area (Å²) in [4.78, 5) is 12.1. The van der Waals surface area contributed by atoms with Crippen molar-refractivity contribution >= 4 is 17.0 Å². The maximum absolute atomic E-state index is 12.1. The highest BCUT2D eigenvalue weighted by molar-refractivity contribution is 5.90. The SMILES string of the molecule is CC(C)(C)OC(=O)n1ccc2cc(C(O)C(O)CN)ccc21. The van der Waals surface area contributed by atoms with Crippen LogP contribution in [0.15, 0.2) is 30.5 Å². The lowest BCUT2D eigenvalue weighted by molar-refractivity contribution is 0.0244. The van der Waals surface area contributed by atoms with E-state index >= 15 is 0 Å². The van der Waals surface area contributed by atoms with Crippen LogP contribution in [0.25, 0.3) is 10.9 Å². The van der Waals surface area contributed by atoms with E-state index in [1.165, 1.54) is 4.57 Å². The molecule has 0 radical (unpaired) electrons. The van der Waals surface area contributed by atoms with Gasteiger partial charge in [-0.05, 0) is 44.5 Å². The number of aromatic nitrogens is 1. The van der Waals surface area contributed by atoms with Crippen molar-refractivity contribution < 1.29 is 19.7 Å². The van der Waals surface area contributed by atoms with E-state index < -0.39 is 23.9 Å². The first kappa shape index (κ1) is 16.5. The summed E-state index contributed by atoms with van der Waals surface area (Å²) in [6.45, 7) is 5.38. The molecule has 2 aromatic rings. The summed E-state index contributed by atoms with van der Waals surface area (Å²) in [5, 5.41) is 20.4. The van der Waals surface area contributed by atoms with Crippen molar-refractivity contribution in [1.82, 2.24) is 4.57 Å². The van der Waals surface area contributed by atoms with Gasteiger partial charge in [0.15, 0.2) is 0 Å². The summed E-state index contributed by atoms with van der Waals surface area (Å²) in [6, 6.07) is 6.85. The zero-order chi connectivity index (χ0) is 16.5. The summed E-state index contributed by atoms with van der Waals surface area (Å²) >= 11 is 0. The third-order valence-corrected chi connectivity index (χ3v) is 3.25. The molecule has 6 nitrogen and oxygen atoms in total. The van der Waals surface area contributed by atoms with Gasteiger partial charge >= 0.3 is 6.09 Å². The van der Waals surface area contributed by atoms with Crippen molar-refractivity contribution in [1.29, 1.82) is 0 Å². The molecule has 2 rings (SSSR count). The number of fused-ring (bicyclic) bond motifs is 1. The van der Waals surface area contributed by atoms with Gasteiger partial charge in [0.1, 0.15) is 11.7 Å². The largest absolute Gasteiger partial charge is 0.443 e. The average Bonchev–Trinajstić information content (AvgIpc) is 2.86. The monoisotopic (exact) mass is 306 g/mol. The van der Waals surface area contributed by atoms with E-state index in [1.54, 1.807) is 51.2 Å². The molecule has 0 spiro atoms. The van der Waals surface area contributed by atoms with Crippen LogP contribution in [0.5, 0.6) is 0 Å². The average molecular weight is 306 g/mol. The minimum atomic E-state index is -1.06. The molecular weight excluding hydrogens is 284 g/mol. The zero-order valence-electron chi connectivity index (χ0n) is 13.0. The van der Waals surface area contributed by atoms with Crippen LogP contribution in [0.4, 0.5) is 4.79 Å². The Hall–Kier alpha value is -1.89. The molecular formula is C16H22N2O4. The summed E-state index contributed by atoms with van der Waals surface area (Å²) in [7, 11) is 0. The van der Waals surface area contributed by atoms with Crippen LogP contribution in [-0.2, 0) is 4.74 Å². The first-order chi connectivity index (χ1) is 10.2. The molecule has 0 fully saturated rings. The highest BCUT2D eigenvalue weighted by Crippen LogP contribution is 2.24. The number of rotatable bonds is 3. The van der Waals surface area contributed by atoms with Crippen LogP contribution in [0.3, 0.4) is 0 Å². The fourth-order valence-electron chi connectivity index (χ4n) is 2.17. The van der Waals surface area contributed by atoms with Crippen molar-refractivity contribution in [3.63, 3.8) is 0 Å². The first-order valence-electron chi connectivity index (χ1n) is 7.13. The highest BCUT2D eigenvalue weighted by atomic mass is 16.6. The Bertz CT molecular complexity index is 672. The van der Waals surface area contributed by atoms with Crippen LogP contribution < -0.4 is 5.73 Å². The van der Waals surface area contributed by atoms with Crippen LogP contribution in [0.1, 0.15) is 32.4 Å². The lowest BCUT2D eigenvalue weighted by atomic mass is 10.0. The topological polar surface area (TPSA) is 97.7 Å². The number of carbonyl (C=O) groups is 1. The molecule has 0 saturated heterocycles. The van der Waals surface area contributed by atoms with Crippen molar-refractivity contribution in [2.75, 3.05) is 6.54 Å². The summed E-state index contributed by atoms with van der Waals surface area (Å²) in [5.41, 5.74) is 6.00. The molecule has 0 aliphatic rings. The van der Waals surface area contributed by atoms with Gasteiger partial charge in [0, 0.05) is 18.1 Å². The molecule has 0 aliphatic carbocycles. The molecule has 4 N–H and O–H groups in total. The van der Waals surface area contributed by atoms with Crippen LogP contribution >= 0.6 is 0 Å². The number of aliphatic hydroxyl groups excluding tert-OH is 2. The number of nitrogens with two attached hydrogens (primary N) is 1. The van der Waals surface area contributed by atoms with Gasteiger partial charge in [-0.25, -0.2) is 4.79 Å². The van der Waals surface area contributed by atoms with Crippen molar-refractivity contribution in [2.24, 2.45) is 5.73 Å². The molecule has 0 amide bonds. The smallest absolute Gasteiger partial charge is 0.418 e. The Kier molecular flexibility index (Phi) is 4.55. The molecule has 22 heavy (non-hydrogen) atoms. The Labute approximate surface area is 129 Å². The summed E-state index contributed by atoms with van der Waals surface area (Å²) in [6.07, 6.45) is -0.920. The maximum atomic E-state index is 12.1. The van der Waals surface area contributed by atoms with Crippen LogP contribution in [0, 0.1) is 0 Å². The minimum Gasteiger partial charge on any atom is -0.443 e. The van der Waals surface area contributed by atoms with Gasteiger partial charge in [0.25, 0.3) is 0 Å². The second kappa shape index (κ2) is 6.08. The van der Waals surface area contributed by atoms with Gasteiger partial charge in [0.2, 0.25) is 0 Å². The second-order valence-electron chi connectivity index (χ2n) is 6.23. The number of ether oxygens (including phenoxy) is 1. The number of aliphatic hydroxyl groups is 2. The first-order valence-corrected chi connectivity index (χ1v) is 7.13. The lowest BCUT2D eigenvalue weighted by Gasteiger charge is -2.20. The molecule has 0 aliphatic heterocycles. The van der Waals surface area contributed by atoms with Gasteiger partial charge in [-0.3, -0.25) is 4.57 Å². The van der Waals surface area contributed by atoms with Gasteiger partial charge in [0.05, 0.1) is 11.6 Å². The summed E-state index contributed by atoms with van der Waals surface area (Å²) < 4.78 is 6.75. The molecule has 1 aromatic heterocycles. The standard InChI is InChI=1S/C16H22N2O4/c1-16(2,3)22-15(21)18-7-6-10-8-11(4-5-12(10)18)14(20)13(19)9-17/h4-8,13-14,19-20H,9,17H2,1-3H3. The Morgan fingerprint density at radius 1 is 1.32 bits per heavy atom. The highest BCUT2D eigenvalue weighted by Gasteiger charge is 2.20. The fourth-order valence-corrected chi connectivity index (χ4v) is 2.17. The predicted octanol–water partition coefficient (Wildman–Crippen LogP) is 1.78. The van der Waals surface area contributed by atoms with Crippen LogP contribution in [0.2, 0.25) is 0 Å². The minimum absolute atomic E-state index is 0.0296. The quantitative estimate of drug-likeness (QED) is 0.803. The van der Waals surface area contributed by atoms with Gasteiger partial charge in [-0.15, -0.1) is 0 Å². The molecule has 0 saturated carbocycles. The van der Waals surface area contributed by atoms with Gasteiger partial charge in [-0.1, -0.05) is 6.07 Å². The predicted molar refractivity (Wildman–Crippen MR) is 83.6 cm³/mol. The molecule has 2 unspecified atom stereocenters. The van der Waals surface area contributed by atoms with E-state index in [1.807, 2.05) is 0 Å². The van der Waals surface area contributed by atoms with E-state index in [0.29, 0.717) is 11.1 Å². The molecule has 120 valence electrons. The summed E-state index contributed by atoms with van der Waals surface area (Å²) in [5.74, 6) is 0. The molecule has 1 aromatic carbocycles. The van der Waals surface area contributed by atoms with E-state index in [0.717, 1.165) is 5.39 Å². The molecule has 6 heteroatoms. The lowest BCUT2D eigenvalue weighted by Crippen LogP contribution is -2.27. The van der Waals surface area contributed by atoms with E-state index in [4.69, 9.17) is 10.5 Å². The second-order valence-corrected chi connectivity index (χ2v) is 6.23. The van der Waals surface area contributed by atoms with Crippen molar-refractivity contribution in [2.45, 2.75) is 38.6 Å². The van der Waals surface area contributed by atoms with Crippen molar-refractivity contribution in [3.8, 4) is 0 Å². The van der Waals surface area contributed by atoms with E-state index in [2.05, 4.69) is 0 Å². The molecule has 2 atom stereocenters. The number of carbonyl (C=O) groups excluding carboxylic acids is 1.